The van der Waals surface area contributed by atoms with Crippen molar-refractivity contribution in [1.82, 2.24) is 9.97 Å². The molecule has 0 amide bonds. The van der Waals surface area contributed by atoms with Gasteiger partial charge in [0.2, 0.25) is 0 Å². The van der Waals surface area contributed by atoms with E-state index < -0.39 is 0 Å². The van der Waals surface area contributed by atoms with Crippen molar-refractivity contribution < 1.29 is 4.74 Å². The van der Waals surface area contributed by atoms with Crippen molar-refractivity contribution in [2.75, 3.05) is 0 Å². The third-order valence-corrected chi connectivity index (χ3v) is 11.0. The highest BCUT2D eigenvalue weighted by molar-refractivity contribution is 5.97. The smallest absolute Gasteiger partial charge is 0.136 e. The van der Waals surface area contributed by atoms with Crippen LogP contribution in [0.15, 0.2) is 170 Å². The number of hydrogen-bond donors (Lipinski definition) is 0. The Bertz CT molecular complexity index is 2490. The molecule has 3 aliphatic rings. The van der Waals surface area contributed by atoms with E-state index in [4.69, 9.17) is 14.7 Å². The first-order valence-corrected chi connectivity index (χ1v) is 18.0. The monoisotopic (exact) mass is 656 g/mol. The van der Waals surface area contributed by atoms with Gasteiger partial charge in [-0.25, -0.2) is 9.97 Å². The minimum absolute atomic E-state index is 0.0343. The minimum Gasteiger partial charge on any atom is -0.485 e. The van der Waals surface area contributed by atoms with Gasteiger partial charge in [-0.1, -0.05) is 146 Å². The summed E-state index contributed by atoms with van der Waals surface area (Å²) >= 11 is 0. The third kappa shape index (κ3) is 5.28. The molecule has 4 unspecified atom stereocenters. The zero-order valence-corrected chi connectivity index (χ0v) is 28.2. The van der Waals surface area contributed by atoms with Crippen molar-refractivity contribution in [3.63, 3.8) is 0 Å². The molecule has 2 heterocycles. The standard InChI is InChI=1S/C48H36N2O/c1-3-14-32(15-4-1)44-30-45(33-16-5-2-6-17-33)50-48(49-44)43-29-42-41-28-35(25-26-46(41)51-47(42)40-23-10-9-22-39(40)43)34-19-11-20-36(27-34)38-24-12-18-31-13-7-8-21-37(31)38/h1-16,18-28,30,33,42-43,47H,17,29H2. The van der Waals surface area contributed by atoms with Crippen LogP contribution in [0.25, 0.3) is 44.3 Å². The molecule has 3 nitrogen and oxygen atoms in total. The number of fused-ring (bicyclic) bond motifs is 6. The van der Waals surface area contributed by atoms with Crippen molar-refractivity contribution in [3.8, 4) is 39.3 Å². The Hall–Kier alpha value is -6.06. The summed E-state index contributed by atoms with van der Waals surface area (Å²) < 4.78 is 6.81. The topological polar surface area (TPSA) is 35.0 Å². The van der Waals surface area contributed by atoms with Gasteiger partial charge >= 0.3 is 0 Å². The summed E-state index contributed by atoms with van der Waals surface area (Å²) in [5.41, 5.74) is 11.8. The molecule has 1 aliphatic heterocycles. The molecule has 0 bridgehead atoms. The average molecular weight is 657 g/mol. The van der Waals surface area contributed by atoms with Crippen molar-refractivity contribution in [2.45, 2.75) is 36.7 Å². The molecular weight excluding hydrogens is 621 g/mol. The van der Waals surface area contributed by atoms with Crippen LogP contribution in [-0.2, 0) is 0 Å². The van der Waals surface area contributed by atoms with E-state index in [1.165, 1.54) is 49.7 Å². The maximum absolute atomic E-state index is 6.81. The van der Waals surface area contributed by atoms with E-state index in [0.29, 0.717) is 0 Å². The van der Waals surface area contributed by atoms with E-state index in [0.717, 1.165) is 41.4 Å². The lowest BCUT2D eigenvalue weighted by Gasteiger charge is -2.33. The predicted molar refractivity (Wildman–Crippen MR) is 207 cm³/mol. The summed E-state index contributed by atoms with van der Waals surface area (Å²) in [6.45, 7) is 0. The molecule has 2 aliphatic carbocycles. The molecule has 10 rings (SSSR count). The summed E-state index contributed by atoms with van der Waals surface area (Å²) in [7, 11) is 0. The average Bonchev–Trinajstić information content (AvgIpc) is 3.59. The molecule has 4 atom stereocenters. The SMILES string of the molecule is C1=CCC(c2cc(-c3ccccc3)nc(C3CC4c5cc(-c6cccc(-c7cccc8ccccc78)c6)ccc5OC4c4ccccc43)n2)C=C1. The first-order valence-electron chi connectivity index (χ1n) is 18.0. The van der Waals surface area contributed by atoms with Gasteiger partial charge in [0.05, 0.1) is 11.4 Å². The predicted octanol–water partition coefficient (Wildman–Crippen LogP) is 12.0. The fourth-order valence-corrected chi connectivity index (χ4v) is 8.48. The molecule has 7 aromatic rings. The number of nitrogens with zero attached hydrogens (tertiary/aromatic N) is 2. The largest absolute Gasteiger partial charge is 0.485 e. The Kier molecular flexibility index (Phi) is 7.23. The quantitative estimate of drug-likeness (QED) is 0.185. The third-order valence-electron chi connectivity index (χ3n) is 11.0. The van der Waals surface area contributed by atoms with Gasteiger partial charge in [-0.05, 0) is 81.3 Å². The lowest BCUT2D eigenvalue weighted by atomic mass is 9.72. The maximum Gasteiger partial charge on any atom is 0.136 e. The summed E-state index contributed by atoms with van der Waals surface area (Å²) in [5, 5.41) is 2.53. The highest BCUT2D eigenvalue weighted by Gasteiger charge is 2.44. The van der Waals surface area contributed by atoms with E-state index >= 15 is 0 Å². The van der Waals surface area contributed by atoms with Gasteiger partial charge in [0.1, 0.15) is 17.7 Å². The summed E-state index contributed by atoms with van der Waals surface area (Å²) in [6, 6.07) is 52.4. The summed E-state index contributed by atoms with van der Waals surface area (Å²) in [6.07, 6.45) is 10.6. The van der Waals surface area contributed by atoms with Gasteiger partial charge in [-0.3, -0.25) is 0 Å². The number of allylic oxidation sites excluding steroid dienone is 4. The number of aromatic nitrogens is 2. The molecule has 0 saturated carbocycles. The van der Waals surface area contributed by atoms with Crippen LogP contribution in [0.3, 0.4) is 0 Å². The summed E-state index contributed by atoms with van der Waals surface area (Å²) in [4.78, 5) is 10.7. The second-order valence-corrected chi connectivity index (χ2v) is 14.0. The molecule has 0 radical (unpaired) electrons. The molecule has 0 N–H and O–H groups in total. The van der Waals surface area contributed by atoms with Crippen molar-refractivity contribution in [3.05, 3.63) is 198 Å². The highest BCUT2D eigenvalue weighted by Crippen LogP contribution is 2.56. The van der Waals surface area contributed by atoms with Gasteiger partial charge in [-0.2, -0.15) is 0 Å². The molecular formula is C48H36N2O. The number of benzene rings is 6. The molecule has 51 heavy (non-hydrogen) atoms. The van der Waals surface area contributed by atoms with Crippen LogP contribution in [0.2, 0.25) is 0 Å². The summed E-state index contributed by atoms with van der Waals surface area (Å²) in [5.74, 6) is 2.33. The lowest BCUT2D eigenvalue weighted by molar-refractivity contribution is 0.190. The van der Waals surface area contributed by atoms with E-state index in [2.05, 4.69) is 170 Å². The van der Waals surface area contributed by atoms with Gasteiger partial charge in [-0.15, -0.1) is 0 Å². The van der Waals surface area contributed by atoms with Crippen LogP contribution in [0, 0.1) is 0 Å². The fraction of sp³-hybridized carbons (Fsp3) is 0.125. The Morgan fingerprint density at radius 2 is 1.33 bits per heavy atom. The molecule has 3 heteroatoms. The van der Waals surface area contributed by atoms with E-state index in [1.807, 2.05) is 0 Å². The number of rotatable bonds is 5. The van der Waals surface area contributed by atoms with Crippen LogP contribution in [0.5, 0.6) is 5.75 Å². The maximum atomic E-state index is 6.81. The van der Waals surface area contributed by atoms with Crippen molar-refractivity contribution in [1.29, 1.82) is 0 Å². The van der Waals surface area contributed by atoms with Crippen LogP contribution in [0.4, 0.5) is 0 Å². The Morgan fingerprint density at radius 1 is 0.569 bits per heavy atom. The van der Waals surface area contributed by atoms with E-state index in [9.17, 15) is 0 Å². The molecule has 244 valence electrons. The molecule has 0 fully saturated rings. The van der Waals surface area contributed by atoms with Gasteiger partial charge in [0.25, 0.3) is 0 Å². The Morgan fingerprint density at radius 3 is 2.24 bits per heavy atom. The van der Waals surface area contributed by atoms with E-state index in [1.54, 1.807) is 0 Å². The zero-order chi connectivity index (χ0) is 33.7. The molecule has 1 aromatic heterocycles. The Labute approximate surface area is 298 Å². The molecule has 6 aromatic carbocycles. The van der Waals surface area contributed by atoms with Gasteiger partial charge in [0, 0.05) is 28.9 Å². The van der Waals surface area contributed by atoms with Crippen LogP contribution in [-0.4, -0.2) is 9.97 Å². The Balaban J connectivity index is 1.05. The first-order chi connectivity index (χ1) is 25.3. The highest BCUT2D eigenvalue weighted by atomic mass is 16.5. The van der Waals surface area contributed by atoms with Gasteiger partial charge in [0.15, 0.2) is 0 Å². The van der Waals surface area contributed by atoms with Crippen LogP contribution >= 0.6 is 0 Å². The second-order valence-electron chi connectivity index (χ2n) is 14.0. The van der Waals surface area contributed by atoms with Crippen molar-refractivity contribution >= 4 is 10.8 Å². The first kappa shape index (κ1) is 29.8. The van der Waals surface area contributed by atoms with Crippen LogP contribution < -0.4 is 4.74 Å². The molecule has 0 saturated heterocycles. The van der Waals surface area contributed by atoms with Crippen molar-refractivity contribution in [2.24, 2.45) is 0 Å². The van der Waals surface area contributed by atoms with Crippen LogP contribution in [0.1, 0.15) is 64.9 Å². The molecule has 0 spiro atoms. The fourth-order valence-electron chi connectivity index (χ4n) is 8.48. The normalized spacial score (nSPS) is 20.0. The zero-order valence-electron chi connectivity index (χ0n) is 28.2. The second kappa shape index (κ2) is 12.4. The van der Waals surface area contributed by atoms with E-state index in [-0.39, 0.29) is 23.9 Å². The minimum atomic E-state index is -0.0343. The number of ether oxygens (including phenoxy) is 1. The number of hydrogen-bond acceptors (Lipinski definition) is 3. The van der Waals surface area contributed by atoms with Gasteiger partial charge < -0.3 is 4.74 Å². The lowest BCUT2D eigenvalue weighted by Crippen LogP contribution is -2.24.